The fraction of sp³-hybridized carbons (Fsp3) is 0.520. The highest BCUT2D eigenvalue weighted by atomic mass is 35.5. The quantitative estimate of drug-likeness (QED) is 0.626. The highest BCUT2D eigenvalue weighted by Gasteiger charge is 2.41. The Morgan fingerprint density at radius 1 is 1.16 bits per heavy atom. The predicted octanol–water partition coefficient (Wildman–Crippen LogP) is 4.10. The summed E-state index contributed by atoms with van der Waals surface area (Å²) in [7, 11) is 0. The summed E-state index contributed by atoms with van der Waals surface area (Å²) in [6.45, 7) is 6.78. The van der Waals surface area contributed by atoms with Gasteiger partial charge in [0.2, 0.25) is 5.91 Å². The van der Waals surface area contributed by atoms with Crippen LogP contribution in [0.5, 0.6) is 5.75 Å². The third-order valence-electron chi connectivity index (χ3n) is 6.32. The third kappa shape index (κ3) is 6.00. The lowest BCUT2D eigenvalue weighted by Crippen LogP contribution is -2.57. The van der Waals surface area contributed by atoms with Gasteiger partial charge in [-0.2, -0.15) is 0 Å². The van der Waals surface area contributed by atoms with E-state index in [-0.39, 0.29) is 5.91 Å². The Bertz CT molecular complexity index is 902. The fourth-order valence-corrected chi connectivity index (χ4v) is 4.60. The molecule has 0 aliphatic carbocycles. The van der Waals surface area contributed by atoms with Gasteiger partial charge in [-0.1, -0.05) is 17.7 Å². The van der Waals surface area contributed by atoms with Gasteiger partial charge in [0.1, 0.15) is 18.0 Å². The number of hydrogen-bond donors (Lipinski definition) is 0. The molecule has 6 nitrogen and oxygen atoms in total. The lowest BCUT2D eigenvalue weighted by Gasteiger charge is -2.43. The molecule has 2 aromatic rings. The van der Waals surface area contributed by atoms with Crippen LogP contribution in [0.3, 0.4) is 0 Å². The molecule has 4 rings (SSSR count). The zero-order valence-electron chi connectivity index (χ0n) is 18.8. The molecular weight excluding hydrogens is 426 g/mol. The molecule has 0 saturated carbocycles. The summed E-state index contributed by atoms with van der Waals surface area (Å²) in [5.74, 6) is 0.876. The Kier molecular flexibility index (Phi) is 7.66. The Hall–Kier alpha value is -2.15. The summed E-state index contributed by atoms with van der Waals surface area (Å²) < 4.78 is 12.4. The van der Waals surface area contributed by atoms with E-state index in [1.54, 1.807) is 12.1 Å². The number of rotatable bonds is 7. The molecule has 2 saturated heterocycles. The van der Waals surface area contributed by atoms with Gasteiger partial charge in [0.25, 0.3) is 0 Å². The molecule has 172 valence electrons. The molecule has 32 heavy (non-hydrogen) atoms. The van der Waals surface area contributed by atoms with Crippen LogP contribution in [0, 0.1) is 6.92 Å². The van der Waals surface area contributed by atoms with Gasteiger partial charge in [-0.05, 0) is 62.1 Å². The van der Waals surface area contributed by atoms with Crippen LogP contribution in [0.4, 0.5) is 0 Å². The first-order chi connectivity index (χ1) is 15.5. The number of morpholine rings is 1. The van der Waals surface area contributed by atoms with Crippen molar-refractivity contribution >= 4 is 17.5 Å². The number of benzene rings is 1. The van der Waals surface area contributed by atoms with E-state index in [4.69, 9.17) is 21.1 Å². The summed E-state index contributed by atoms with van der Waals surface area (Å²) in [4.78, 5) is 22.1. The van der Waals surface area contributed by atoms with Crippen LogP contribution in [0.1, 0.15) is 36.9 Å². The zero-order chi connectivity index (χ0) is 22.4. The van der Waals surface area contributed by atoms with Gasteiger partial charge >= 0.3 is 0 Å². The van der Waals surface area contributed by atoms with Crippen LogP contribution < -0.4 is 4.74 Å². The van der Waals surface area contributed by atoms with E-state index in [9.17, 15) is 4.79 Å². The number of hydrogen-bond acceptors (Lipinski definition) is 5. The standard InChI is InChI=1S/C25H32ClN3O3/c1-20-6-5-11-27-23(20)17-28-14-15-32-25(18-28,16-24(30)29-12-3-2-4-13-29)19-31-22-9-7-21(26)8-10-22/h5-11H,2-4,12-19H2,1H3/t25-/m0/s1. The molecule has 0 spiro atoms. The van der Waals surface area contributed by atoms with Crippen molar-refractivity contribution in [2.75, 3.05) is 39.4 Å². The first-order valence-corrected chi connectivity index (χ1v) is 11.8. The zero-order valence-corrected chi connectivity index (χ0v) is 19.5. The molecule has 7 heteroatoms. The highest BCUT2D eigenvalue weighted by molar-refractivity contribution is 6.30. The van der Waals surface area contributed by atoms with Crippen molar-refractivity contribution in [3.63, 3.8) is 0 Å². The average molecular weight is 458 g/mol. The van der Waals surface area contributed by atoms with Crippen LogP contribution in [0.15, 0.2) is 42.6 Å². The molecule has 3 heterocycles. The fourth-order valence-electron chi connectivity index (χ4n) is 4.48. The second-order valence-corrected chi connectivity index (χ2v) is 9.31. The monoisotopic (exact) mass is 457 g/mol. The van der Waals surface area contributed by atoms with Gasteiger partial charge in [0.05, 0.1) is 18.7 Å². The molecule has 2 fully saturated rings. The largest absolute Gasteiger partial charge is 0.491 e. The topological polar surface area (TPSA) is 54.9 Å². The van der Waals surface area contributed by atoms with Crippen LogP contribution in [-0.2, 0) is 16.1 Å². The summed E-state index contributed by atoms with van der Waals surface area (Å²) >= 11 is 6.01. The van der Waals surface area contributed by atoms with Crippen LogP contribution in [-0.4, -0.2) is 65.7 Å². The van der Waals surface area contributed by atoms with E-state index in [1.165, 1.54) is 12.0 Å². The van der Waals surface area contributed by atoms with E-state index in [0.29, 0.717) is 31.2 Å². The summed E-state index contributed by atoms with van der Waals surface area (Å²) in [5.41, 5.74) is 1.53. The molecule has 1 aromatic carbocycles. The van der Waals surface area contributed by atoms with Crippen molar-refractivity contribution in [3.8, 4) is 5.75 Å². The summed E-state index contributed by atoms with van der Waals surface area (Å²) in [6.07, 6.45) is 5.50. The Balaban J connectivity index is 1.49. The molecule has 2 aliphatic heterocycles. The van der Waals surface area contributed by atoms with E-state index < -0.39 is 5.60 Å². The lowest BCUT2D eigenvalue weighted by atomic mass is 9.96. The van der Waals surface area contributed by atoms with E-state index in [1.807, 2.05) is 29.3 Å². The lowest BCUT2D eigenvalue weighted by molar-refractivity contribution is -0.157. The maximum absolute atomic E-state index is 13.2. The first-order valence-electron chi connectivity index (χ1n) is 11.5. The number of pyridine rings is 1. The van der Waals surface area contributed by atoms with Crippen LogP contribution in [0.2, 0.25) is 5.02 Å². The maximum atomic E-state index is 13.2. The van der Waals surface area contributed by atoms with Crippen molar-refractivity contribution in [2.24, 2.45) is 0 Å². The number of halogens is 1. The van der Waals surface area contributed by atoms with Gasteiger partial charge < -0.3 is 14.4 Å². The number of carbonyl (C=O) groups excluding carboxylic acids is 1. The number of aromatic nitrogens is 1. The van der Waals surface area contributed by atoms with Gasteiger partial charge in [-0.25, -0.2) is 0 Å². The smallest absolute Gasteiger partial charge is 0.225 e. The molecule has 1 aromatic heterocycles. The van der Waals surface area contributed by atoms with Crippen molar-refractivity contribution in [2.45, 2.75) is 44.8 Å². The van der Waals surface area contributed by atoms with Gasteiger partial charge in [0.15, 0.2) is 0 Å². The highest BCUT2D eigenvalue weighted by Crippen LogP contribution is 2.27. The SMILES string of the molecule is Cc1cccnc1CN1CCO[C@@](COc2ccc(Cl)cc2)(CC(=O)N2CCCCC2)C1. The summed E-state index contributed by atoms with van der Waals surface area (Å²) in [5, 5.41) is 0.665. The molecule has 0 unspecified atom stereocenters. The third-order valence-corrected chi connectivity index (χ3v) is 6.57. The van der Waals surface area contributed by atoms with Crippen molar-refractivity contribution in [3.05, 3.63) is 58.9 Å². The summed E-state index contributed by atoms with van der Waals surface area (Å²) in [6, 6.07) is 11.3. The second kappa shape index (κ2) is 10.6. The molecule has 0 bridgehead atoms. The minimum absolute atomic E-state index is 0.153. The molecule has 1 atom stereocenters. The Morgan fingerprint density at radius 2 is 1.94 bits per heavy atom. The van der Waals surface area contributed by atoms with Crippen molar-refractivity contribution < 1.29 is 14.3 Å². The second-order valence-electron chi connectivity index (χ2n) is 8.87. The normalized spacial score (nSPS) is 22.0. The number of amides is 1. The minimum Gasteiger partial charge on any atom is -0.491 e. The maximum Gasteiger partial charge on any atom is 0.225 e. The van der Waals surface area contributed by atoms with Crippen LogP contribution in [0.25, 0.3) is 0 Å². The van der Waals surface area contributed by atoms with E-state index in [0.717, 1.165) is 50.5 Å². The van der Waals surface area contributed by atoms with Gasteiger partial charge in [0, 0.05) is 43.9 Å². The number of aryl methyl sites for hydroxylation is 1. The van der Waals surface area contributed by atoms with Crippen molar-refractivity contribution in [1.29, 1.82) is 0 Å². The number of ether oxygens (including phenoxy) is 2. The minimum atomic E-state index is -0.699. The van der Waals surface area contributed by atoms with Gasteiger partial charge in [-0.15, -0.1) is 0 Å². The molecule has 1 amide bonds. The molecule has 2 aliphatic rings. The molecule has 0 radical (unpaired) electrons. The molecular formula is C25H32ClN3O3. The first kappa shape index (κ1) is 23.0. The number of carbonyl (C=O) groups is 1. The number of likely N-dealkylation sites (tertiary alicyclic amines) is 1. The van der Waals surface area contributed by atoms with E-state index in [2.05, 4.69) is 22.9 Å². The average Bonchev–Trinajstić information content (AvgIpc) is 2.81. The van der Waals surface area contributed by atoms with E-state index >= 15 is 0 Å². The van der Waals surface area contributed by atoms with Gasteiger partial charge in [-0.3, -0.25) is 14.7 Å². The molecule has 0 N–H and O–H groups in total. The number of nitrogens with zero attached hydrogens (tertiary/aromatic N) is 3. The van der Waals surface area contributed by atoms with Crippen molar-refractivity contribution in [1.82, 2.24) is 14.8 Å². The van der Waals surface area contributed by atoms with Crippen LogP contribution >= 0.6 is 11.6 Å². The predicted molar refractivity (Wildman–Crippen MR) is 125 cm³/mol. The Morgan fingerprint density at radius 3 is 2.69 bits per heavy atom. The number of piperidine rings is 1. The Labute approximate surface area is 195 Å².